The van der Waals surface area contributed by atoms with E-state index in [1.165, 1.54) is 11.3 Å². The molecule has 3 rings (SSSR count). The van der Waals surface area contributed by atoms with Crippen molar-refractivity contribution in [3.05, 3.63) is 29.8 Å². The zero-order chi connectivity index (χ0) is 13.9. The van der Waals surface area contributed by atoms with Gasteiger partial charge in [0.25, 0.3) is 0 Å². The molecular formula is C16H23N3O. The van der Waals surface area contributed by atoms with E-state index in [4.69, 9.17) is 0 Å². The number of rotatable bonds is 1. The van der Waals surface area contributed by atoms with E-state index in [-0.39, 0.29) is 6.03 Å². The van der Waals surface area contributed by atoms with Crippen LogP contribution in [0.1, 0.15) is 18.4 Å². The Morgan fingerprint density at radius 3 is 2.00 bits per heavy atom. The quantitative estimate of drug-likeness (QED) is 0.785. The van der Waals surface area contributed by atoms with Crippen LogP contribution in [0.2, 0.25) is 0 Å². The minimum atomic E-state index is 0.242. The molecule has 0 saturated carbocycles. The van der Waals surface area contributed by atoms with E-state index < -0.39 is 0 Å². The molecule has 2 saturated heterocycles. The molecule has 0 atom stereocenters. The highest BCUT2D eigenvalue weighted by Crippen LogP contribution is 2.18. The molecule has 1 aromatic carbocycles. The molecule has 0 aromatic heterocycles. The van der Waals surface area contributed by atoms with Gasteiger partial charge < -0.3 is 14.7 Å². The Kier molecular flexibility index (Phi) is 3.81. The number of amides is 2. The van der Waals surface area contributed by atoms with E-state index in [9.17, 15) is 4.79 Å². The summed E-state index contributed by atoms with van der Waals surface area (Å²) in [4.78, 5) is 18.7. The van der Waals surface area contributed by atoms with Crippen molar-refractivity contribution >= 4 is 11.7 Å². The average Bonchev–Trinajstić information content (AvgIpc) is 3.02. The molecule has 20 heavy (non-hydrogen) atoms. The number of urea groups is 1. The SMILES string of the molecule is Cc1ccc(N2CCN(C(=O)N3CCCC3)CC2)cc1. The van der Waals surface area contributed by atoms with Crippen molar-refractivity contribution in [2.24, 2.45) is 0 Å². The van der Waals surface area contributed by atoms with Gasteiger partial charge >= 0.3 is 6.03 Å². The Balaban J connectivity index is 1.56. The number of benzene rings is 1. The highest BCUT2D eigenvalue weighted by atomic mass is 16.2. The molecule has 0 radical (unpaired) electrons. The minimum absolute atomic E-state index is 0.242. The number of nitrogens with zero attached hydrogens (tertiary/aromatic N) is 3. The topological polar surface area (TPSA) is 26.8 Å². The molecule has 4 heteroatoms. The molecule has 0 unspecified atom stereocenters. The van der Waals surface area contributed by atoms with Crippen molar-refractivity contribution in [2.45, 2.75) is 19.8 Å². The van der Waals surface area contributed by atoms with Gasteiger partial charge in [-0.15, -0.1) is 0 Å². The third-order valence-electron chi connectivity index (χ3n) is 4.33. The fourth-order valence-corrected chi connectivity index (χ4v) is 3.02. The van der Waals surface area contributed by atoms with E-state index >= 15 is 0 Å². The van der Waals surface area contributed by atoms with Crippen LogP contribution in [0, 0.1) is 6.92 Å². The number of carbonyl (C=O) groups excluding carboxylic acids is 1. The van der Waals surface area contributed by atoms with Crippen LogP contribution in [-0.4, -0.2) is 55.1 Å². The van der Waals surface area contributed by atoms with Crippen LogP contribution in [0.3, 0.4) is 0 Å². The number of likely N-dealkylation sites (tertiary alicyclic amines) is 1. The summed E-state index contributed by atoms with van der Waals surface area (Å²) in [6.07, 6.45) is 2.32. The van der Waals surface area contributed by atoms with Gasteiger partial charge in [0.2, 0.25) is 0 Å². The van der Waals surface area contributed by atoms with Crippen molar-refractivity contribution in [2.75, 3.05) is 44.2 Å². The number of anilines is 1. The van der Waals surface area contributed by atoms with Crippen molar-refractivity contribution in [1.29, 1.82) is 0 Å². The molecule has 0 aliphatic carbocycles. The molecule has 0 bridgehead atoms. The van der Waals surface area contributed by atoms with E-state index in [1.807, 2.05) is 9.80 Å². The van der Waals surface area contributed by atoms with Crippen LogP contribution in [0.15, 0.2) is 24.3 Å². The van der Waals surface area contributed by atoms with E-state index in [1.54, 1.807) is 0 Å². The van der Waals surface area contributed by atoms with Gasteiger partial charge in [0.1, 0.15) is 0 Å². The first-order valence-corrected chi connectivity index (χ1v) is 7.59. The maximum atomic E-state index is 12.3. The Hall–Kier alpha value is -1.71. The lowest BCUT2D eigenvalue weighted by Gasteiger charge is -2.37. The van der Waals surface area contributed by atoms with Crippen molar-refractivity contribution in [3.8, 4) is 0 Å². The van der Waals surface area contributed by atoms with Crippen LogP contribution in [-0.2, 0) is 0 Å². The fraction of sp³-hybridized carbons (Fsp3) is 0.562. The van der Waals surface area contributed by atoms with Crippen molar-refractivity contribution in [3.63, 3.8) is 0 Å². The number of carbonyl (C=O) groups is 1. The Morgan fingerprint density at radius 1 is 0.850 bits per heavy atom. The number of piperazine rings is 1. The lowest BCUT2D eigenvalue weighted by Crippen LogP contribution is -2.52. The molecule has 108 valence electrons. The zero-order valence-corrected chi connectivity index (χ0v) is 12.2. The predicted octanol–water partition coefficient (Wildman–Crippen LogP) is 2.33. The smallest absolute Gasteiger partial charge is 0.320 e. The van der Waals surface area contributed by atoms with Gasteiger partial charge in [-0.25, -0.2) is 4.79 Å². The summed E-state index contributed by atoms with van der Waals surface area (Å²) in [6, 6.07) is 8.89. The highest BCUT2D eigenvalue weighted by Gasteiger charge is 2.26. The van der Waals surface area contributed by atoms with Crippen LogP contribution in [0.25, 0.3) is 0 Å². The molecular weight excluding hydrogens is 250 g/mol. The third-order valence-corrected chi connectivity index (χ3v) is 4.33. The first-order chi connectivity index (χ1) is 9.74. The first-order valence-electron chi connectivity index (χ1n) is 7.59. The lowest BCUT2D eigenvalue weighted by atomic mass is 10.2. The van der Waals surface area contributed by atoms with E-state index in [0.29, 0.717) is 0 Å². The second-order valence-electron chi connectivity index (χ2n) is 5.79. The summed E-state index contributed by atoms with van der Waals surface area (Å²) < 4.78 is 0. The second-order valence-corrected chi connectivity index (χ2v) is 5.79. The minimum Gasteiger partial charge on any atom is -0.368 e. The second kappa shape index (κ2) is 5.73. The summed E-state index contributed by atoms with van der Waals surface area (Å²) in [6.45, 7) is 7.53. The van der Waals surface area contributed by atoms with Gasteiger partial charge in [-0.3, -0.25) is 0 Å². The average molecular weight is 273 g/mol. The maximum absolute atomic E-state index is 12.3. The summed E-state index contributed by atoms with van der Waals surface area (Å²) in [5.41, 5.74) is 2.56. The molecule has 2 fully saturated rings. The number of hydrogen-bond acceptors (Lipinski definition) is 2. The van der Waals surface area contributed by atoms with Crippen LogP contribution in [0.4, 0.5) is 10.5 Å². The summed E-state index contributed by atoms with van der Waals surface area (Å²) in [7, 11) is 0. The van der Waals surface area contributed by atoms with E-state index in [2.05, 4.69) is 36.1 Å². The monoisotopic (exact) mass is 273 g/mol. The van der Waals surface area contributed by atoms with Crippen LogP contribution < -0.4 is 4.90 Å². The summed E-state index contributed by atoms with van der Waals surface area (Å²) in [5.74, 6) is 0. The largest absolute Gasteiger partial charge is 0.368 e. The molecule has 2 amide bonds. The summed E-state index contributed by atoms with van der Waals surface area (Å²) in [5, 5.41) is 0. The van der Waals surface area contributed by atoms with Gasteiger partial charge in [-0.2, -0.15) is 0 Å². The van der Waals surface area contributed by atoms with Crippen LogP contribution in [0.5, 0.6) is 0 Å². The number of hydrogen-bond donors (Lipinski definition) is 0. The Bertz CT molecular complexity index is 457. The molecule has 4 nitrogen and oxygen atoms in total. The first kappa shape index (κ1) is 13.3. The Labute approximate surface area is 121 Å². The number of aryl methyl sites for hydroxylation is 1. The normalized spacial score (nSPS) is 19.6. The van der Waals surface area contributed by atoms with Crippen molar-refractivity contribution in [1.82, 2.24) is 9.80 Å². The summed E-state index contributed by atoms with van der Waals surface area (Å²) >= 11 is 0. The van der Waals surface area contributed by atoms with Gasteiger partial charge in [0, 0.05) is 45.0 Å². The molecule has 2 aliphatic rings. The molecule has 2 heterocycles. The lowest BCUT2D eigenvalue weighted by molar-refractivity contribution is 0.159. The van der Waals surface area contributed by atoms with Gasteiger partial charge in [-0.05, 0) is 31.9 Å². The Morgan fingerprint density at radius 2 is 1.40 bits per heavy atom. The maximum Gasteiger partial charge on any atom is 0.320 e. The molecule has 0 spiro atoms. The fourth-order valence-electron chi connectivity index (χ4n) is 3.02. The highest BCUT2D eigenvalue weighted by molar-refractivity contribution is 5.75. The standard InChI is InChI=1S/C16H23N3O/c1-14-4-6-15(7-5-14)17-10-12-19(13-11-17)16(20)18-8-2-3-9-18/h4-7H,2-3,8-13H2,1H3. The van der Waals surface area contributed by atoms with E-state index in [0.717, 1.165) is 52.1 Å². The molecule has 0 N–H and O–H groups in total. The van der Waals surface area contributed by atoms with Crippen LogP contribution >= 0.6 is 0 Å². The zero-order valence-electron chi connectivity index (χ0n) is 12.2. The third kappa shape index (κ3) is 2.74. The van der Waals surface area contributed by atoms with Gasteiger partial charge in [-0.1, -0.05) is 17.7 Å². The van der Waals surface area contributed by atoms with Gasteiger partial charge in [0.15, 0.2) is 0 Å². The molecule has 1 aromatic rings. The van der Waals surface area contributed by atoms with Gasteiger partial charge in [0.05, 0.1) is 0 Å². The van der Waals surface area contributed by atoms with Crippen molar-refractivity contribution < 1.29 is 4.79 Å². The predicted molar refractivity (Wildman–Crippen MR) is 81.2 cm³/mol. The molecule has 2 aliphatic heterocycles.